The van der Waals surface area contributed by atoms with Crippen LogP contribution in [0.5, 0.6) is 5.75 Å². The van der Waals surface area contributed by atoms with E-state index >= 15 is 0 Å². The number of methoxy groups -OCH3 is 1. The molecule has 0 N–H and O–H groups in total. The fourth-order valence-electron chi connectivity index (χ4n) is 4.10. The normalized spacial score (nSPS) is 22.8. The third kappa shape index (κ3) is 3.80. The molecule has 2 heterocycles. The monoisotopic (exact) mass is 380 g/mol. The summed E-state index contributed by atoms with van der Waals surface area (Å²) in [6, 6.07) is 18.5. The topological polar surface area (TPSA) is 15.7 Å². The van der Waals surface area contributed by atoms with Crippen molar-refractivity contribution in [3.8, 4) is 5.75 Å². The first kappa shape index (κ1) is 20.1. The number of rotatable bonds is 2. The Labute approximate surface area is 162 Å². The van der Waals surface area contributed by atoms with Gasteiger partial charge in [-0.15, -0.1) is 24.8 Å². The van der Waals surface area contributed by atoms with Gasteiger partial charge in [0.25, 0.3) is 0 Å². The Morgan fingerprint density at radius 1 is 0.960 bits per heavy atom. The molecular weight excluding hydrogens is 355 g/mol. The second kappa shape index (κ2) is 8.41. The Bertz CT molecular complexity index is 695. The van der Waals surface area contributed by atoms with Crippen LogP contribution >= 0.6 is 24.8 Å². The lowest BCUT2D eigenvalue weighted by atomic mass is 9.84. The first-order valence-corrected chi connectivity index (χ1v) is 8.42. The zero-order valence-electron chi connectivity index (χ0n) is 14.7. The van der Waals surface area contributed by atoms with Crippen LogP contribution in [0.4, 0.5) is 0 Å². The first-order valence-electron chi connectivity index (χ1n) is 8.42. The Morgan fingerprint density at radius 3 is 2.44 bits per heavy atom. The SMILES string of the molecule is COc1ccc2c(c1)C[C@H](c1ccccc1)N1CCN(C)C[C@@H]21.Cl.Cl. The molecule has 4 rings (SSSR count). The van der Waals surface area contributed by atoms with Crippen molar-refractivity contribution in [2.24, 2.45) is 0 Å². The van der Waals surface area contributed by atoms with Gasteiger partial charge in [-0.25, -0.2) is 0 Å². The van der Waals surface area contributed by atoms with Gasteiger partial charge in [0.15, 0.2) is 0 Å². The van der Waals surface area contributed by atoms with Gasteiger partial charge >= 0.3 is 0 Å². The molecule has 1 fully saturated rings. The van der Waals surface area contributed by atoms with E-state index in [0.29, 0.717) is 12.1 Å². The number of hydrogen-bond donors (Lipinski definition) is 0. The third-order valence-electron chi connectivity index (χ3n) is 5.33. The van der Waals surface area contributed by atoms with Crippen LogP contribution in [-0.4, -0.2) is 43.6 Å². The van der Waals surface area contributed by atoms with E-state index in [4.69, 9.17) is 4.74 Å². The molecule has 5 heteroatoms. The van der Waals surface area contributed by atoms with Gasteiger partial charge in [0.05, 0.1) is 7.11 Å². The molecule has 0 saturated carbocycles. The Kier molecular flexibility index (Phi) is 6.75. The average molecular weight is 381 g/mol. The molecule has 136 valence electrons. The van der Waals surface area contributed by atoms with Crippen molar-refractivity contribution in [1.29, 1.82) is 0 Å². The van der Waals surface area contributed by atoms with Crippen molar-refractivity contribution in [1.82, 2.24) is 9.80 Å². The quantitative estimate of drug-likeness (QED) is 0.778. The van der Waals surface area contributed by atoms with Gasteiger partial charge in [-0.2, -0.15) is 0 Å². The molecule has 0 radical (unpaired) electrons. The van der Waals surface area contributed by atoms with Crippen LogP contribution in [0, 0.1) is 0 Å². The molecule has 0 bridgehead atoms. The van der Waals surface area contributed by atoms with Gasteiger partial charge in [-0.05, 0) is 42.3 Å². The van der Waals surface area contributed by atoms with Crippen LogP contribution in [0.3, 0.4) is 0 Å². The zero-order chi connectivity index (χ0) is 15.8. The number of benzene rings is 2. The zero-order valence-corrected chi connectivity index (χ0v) is 16.4. The summed E-state index contributed by atoms with van der Waals surface area (Å²) in [5, 5.41) is 0. The molecule has 3 nitrogen and oxygen atoms in total. The highest BCUT2D eigenvalue weighted by Crippen LogP contribution is 2.42. The minimum Gasteiger partial charge on any atom is -0.497 e. The Balaban J connectivity index is 0.00000113. The van der Waals surface area contributed by atoms with E-state index in [1.54, 1.807) is 7.11 Å². The summed E-state index contributed by atoms with van der Waals surface area (Å²) in [5.74, 6) is 0.966. The fourth-order valence-corrected chi connectivity index (χ4v) is 4.10. The molecule has 0 aromatic heterocycles. The standard InChI is InChI=1S/C20H24N2O.2ClH/c1-21-10-11-22-19(15-6-4-3-5-7-15)13-16-12-17(23-2)8-9-18(16)20(22)14-21;;/h3-9,12,19-20H,10-11,13-14H2,1-2H3;2*1H/t19-,20+;;/m1../s1. The average Bonchev–Trinajstić information content (AvgIpc) is 2.61. The number of hydrogen-bond acceptors (Lipinski definition) is 3. The Hall–Kier alpha value is -1.26. The maximum absolute atomic E-state index is 5.45. The predicted molar refractivity (Wildman–Crippen MR) is 107 cm³/mol. The second-order valence-corrected chi connectivity index (χ2v) is 6.71. The van der Waals surface area contributed by atoms with Crippen molar-refractivity contribution in [2.75, 3.05) is 33.8 Å². The summed E-state index contributed by atoms with van der Waals surface area (Å²) < 4.78 is 5.45. The van der Waals surface area contributed by atoms with E-state index in [2.05, 4.69) is 65.4 Å². The highest BCUT2D eigenvalue weighted by atomic mass is 35.5. The highest BCUT2D eigenvalue weighted by Gasteiger charge is 2.37. The van der Waals surface area contributed by atoms with E-state index in [9.17, 15) is 0 Å². The largest absolute Gasteiger partial charge is 0.497 e. The van der Waals surface area contributed by atoms with Crippen LogP contribution < -0.4 is 4.74 Å². The molecule has 0 unspecified atom stereocenters. The highest BCUT2D eigenvalue weighted by molar-refractivity contribution is 5.85. The first-order chi connectivity index (χ1) is 11.3. The summed E-state index contributed by atoms with van der Waals surface area (Å²) in [6.07, 6.45) is 1.07. The summed E-state index contributed by atoms with van der Waals surface area (Å²) in [7, 11) is 3.98. The van der Waals surface area contributed by atoms with E-state index < -0.39 is 0 Å². The van der Waals surface area contributed by atoms with E-state index in [1.165, 1.54) is 16.7 Å². The summed E-state index contributed by atoms with van der Waals surface area (Å²) in [6.45, 7) is 3.38. The van der Waals surface area contributed by atoms with Crippen molar-refractivity contribution >= 4 is 24.8 Å². The maximum atomic E-state index is 5.45. The molecular formula is C20H26Cl2N2O. The minimum absolute atomic E-state index is 0. The minimum atomic E-state index is 0. The molecule has 1 saturated heterocycles. The van der Waals surface area contributed by atoms with Crippen molar-refractivity contribution < 1.29 is 4.74 Å². The molecule has 2 aliphatic heterocycles. The molecule has 2 atom stereocenters. The molecule has 0 aliphatic carbocycles. The number of likely N-dealkylation sites (N-methyl/N-ethyl adjacent to an activating group) is 1. The van der Waals surface area contributed by atoms with E-state index in [0.717, 1.165) is 31.8 Å². The van der Waals surface area contributed by atoms with Crippen LogP contribution in [0.15, 0.2) is 48.5 Å². The summed E-state index contributed by atoms with van der Waals surface area (Å²) in [5.41, 5.74) is 4.34. The van der Waals surface area contributed by atoms with Gasteiger partial charge in [0, 0.05) is 31.7 Å². The predicted octanol–water partition coefficient (Wildman–Crippen LogP) is 4.12. The maximum Gasteiger partial charge on any atom is 0.119 e. The van der Waals surface area contributed by atoms with Crippen LogP contribution in [-0.2, 0) is 6.42 Å². The second-order valence-electron chi connectivity index (χ2n) is 6.71. The van der Waals surface area contributed by atoms with Crippen LogP contribution in [0.2, 0.25) is 0 Å². The van der Waals surface area contributed by atoms with Gasteiger partial charge in [0.2, 0.25) is 0 Å². The van der Waals surface area contributed by atoms with E-state index in [1.807, 2.05) is 0 Å². The van der Waals surface area contributed by atoms with E-state index in [-0.39, 0.29) is 24.8 Å². The molecule has 2 aromatic rings. The summed E-state index contributed by atoms with van der Waals surface area (Å²) >= 11 is 0. The van der Waals surface area contributed by atoms with Crippen LogP contribution in [0.25, 0.3) is 0 Å². The lowest BCUT2D eigenvalue weighted by molar-refractivity contribution is 0.0403. The lowest BCUT2D eigenvalue weighted by Crippen LogP contribution is -2.50. The van der Waals surface area contributed by atoms with Crippen LogP contribution in [0.1, 0.15) is 28.8 Å². The Morgan fingerprint density at radius 2 is 1.72 bits per heavy atom. The van der Waals surface area contributed by atoms with Gasteiger partial charge < -0.3 is 9.64 Å². The molecule has 0 amide bonds. The van der Waals surface area contributed by atoms with Crippen molar-refractivity contribution in [3.63, 3.8) is 0 Å². The van der Waals surface area contributed by atoms with Gasteiger partial charge in [0.1, 0.15) is 5.75 Å². The summed E-state index contributed by atoms with van der Waals surface area (Å²) in [4.78, 5) is 5.15. The third-order valence-corrected chi connectivity index (χ3v) is 5.33. The fraction of sp³-hybridized carbons (Fsp3) is 0.400. The number of fused-ring (bicyclic) bond motifs is 3. The number of nitrogens with zero attached hydrogens (tertiary/aromatic N) is 2. The number of ether oxygens (including phenoxy) is 1. The molecule has 0 spiro atoms. The number of halogens is 2. The van der Waals surface area contributed by atoms with Crippen molar-refractivity contribution in [2.45, 2.75) is 18.5 Å². The molecule has 2 aliphatic rings. The van der Waals surface area contributed by atoms with Crippen molar-refractivity contribution in [3.05, 3.63) is 65.2 Å². The molecule has 2 aromatic carbocycles. The van der Waals surface area contributed by atoms with Gasteiger partial charge in [-0.1, -0.05) is 36.4 Å². The van der Waals surface area contributed by atoms with Gasteiger partial charge in [-0.3, -0.25) is 4.90 Å². The lowest BCUT2D eigenvalue weighted by Gasteiger charge is -2.48. The number of piperazine rings is 1. The smallest absolute Gasteiger partial charge is 0.119 e. The molecule has 25 heavy (non-hydrogen) atoms.